The minimum Gasteiger partial charge on any atom is -0.479 e. The molecule has 1 aromatic carbocycles. The molecular formula is C19H16BrClN2O5. The minimum absolute atomic E-state index is 0.140. The molecule has 1 saturated heterocycles. The van der Waals surface area contributed by atoms with Gasteiger partial charge in [-0.3, -0.25) is 9.59 Å². The van der Waals surface area contributed by atoms with Crippen LogP contribution >= 0.6 is 27.5 Å². The Labute approximate surface area is 174 Å². The summed E-state index contributed by atoms with van der Waals surface area (Å²) >= 11 is 9.55. The van der Waals surface area contributed by atoms with Crippen molar-refractivity contribution in [1.29, 1.82) is 0 Å². The third-order valence-electron chi connectivity index (χ3n) is 5.35. The number of esters is 1. The maximum atomic E-state index is 12.6. The molecule has 4 unspecified atom stereocenters. The number of ether oxygens (including phenoxy) is 2. The van der Waals surface area contributed by atoms with E-state index in [2.05, 4.69) is 25.8 Å². The fourth-order valence-electron chi connectivity index (χ4n) is 4.11. The van der Waals surface area contributed by atoms with Crippen molar-refractivity contribution in [1.82, 2.24) is 5.01 Å². The van der Waals surface area contributed by atoms with Gasteiger partial charge in [0.25, 0.3) is 11.8 Å². The Kier molecular flexibility index (Phi) is 5.01. The second kappa shape index (κ2) is 7.33. The van der Waals surface area contributed by atoms with Gasteiger partial charge >= 0.3 is 5.97 Å². The van der Waals surface area contributed by atoms with Gasteiger partial charge in [-0.25, -0.2) is 4.79 Å². The highest BCUT2D eigenvalue weighted by atomic mass is 79.9. The molecule has 146 valence electrons. The van der Waals surface area contributed by atoms with E-state index in [9.17, 15) is 14.4 Å². The first-order valence-corrected chi connectivity index (χ1v) is 9.86. The van der Waals surface area contributed by atoms with E-state index >= 15 is 0 Å². The van der Waals surface area contributed by atoms with Crippen molar-refractivity contribution in [3.63, 3.8) is 0 Å². The van der Waals surface area contributed by atoms with Crippen molar-refractivity contribution in [2.45, 2.75) is 6.42 Å². The summed E-state index contributed by atoms with van der Waals surface area (Å²) in [6, 6.07) is 3.23. The van der Waals surface area contributed by atoms with Gasteiger partial charge in [0.15, 0.2) is 12.4 Å². The standard InChI is InChI=1S/C19H16BrClN2O5/c1-27-14(24)8-28-17-12(20)4-9(5-13(17)21)7-22-23-18(25)15-10-2-3-11(6-10)16(15)19(23)26/h2-5,7,10-11,15-16H,6,8H2,1H3. The third kappa shape index (κ3) is 3.14. The Bertz CT molecular complexity index is 878. The summed E-state index contributed by atoms with van der Waals surface area (Å²) < 4.78 is 10.4. The SMILES string of the molecule is COC(=O)COc1c(Cl)cc(C=NN2C(=O)C3C4C=CC(C4)C3C2=O)cc1Br. The van der Waals surface area contributed by atoms with Crippen molar-refractivity contribution in [3.8, 4) is 5.75 Å². The number of carbonyl (C=O) groups is 3. The minimum atomic E-state index is -0.534. The highest BCUT2D eigenvalue weighted by Crippen LogP contribution is 2.52. The number of halogens is 2. The van der Waals surface area contributed by atoms with Crippen LogP contribution in [0.4, 0.5) is 0 Å². The summed E-state index contributed by atoms with van der Waals surface area (Å²) in [5, 5.41) is 5.35. The Morgan fingerprint density at radius 3 is 2.50 bits per heavy atom. The number of nitrogens with zero attached hydrogens (tertiary/aromatic N) is 2. The number of allylic oxidation sites excluding steroid dienone is 2. The zero-order valence-electron chi connectivity index (χ0n) is 14.8. The lowest BCUT2D eigenvalue weighted by Crippen LogP contribution is -2.28. The smallest absolute Gasteiger partial charge is 0.343 e. The van der Waals surface area contributed by atoms with Crippen LogP contribution in [0.1, 0.15) is 12.0 Å². The van der Waals surface area contributed by atoms with Crippen LogP contribution in [0, 0.1) is 23.7 Å². The molecule has 2 amide bonds. The van der Waals surface area contributed by atoms with Crippen LogP contribution in [-0.4, -0.2) is 42.7 Å². The predicted octanol–water partition coefficient (Wildman–Crippen LogP) is 2.80. The lowest BCUT2D eigenvalue weighted by molar-refractivity contribution is -0.143. The van der Waals surface area contributed by atoms with Crippen LogP contribution in [0.3, 0.4) is 0 Å². The van der Waals surface area contributed by atoms with Crippen LogP contribution < -0.4 is 4.74 Å². The molecule has 7 nitrogen and oxygen atoms in total. The molecule has 4 atom stereocenters. The van der Waals surface area contributed by atoms with Crippen molar-refractivity contribution in [2.24, 2.45) is 28.8 Å². The second-order valence-corrected chi connectivity index (χ2v) is 8.17. The number of methoxy groups -OCH3 is 1. The topological polar surface area (TPSA) is 85.3 Å². The van der Waals surface area contributed by atoms with E-state index in [0.717, 1.165) is 11.4 Å². The number of benzene rings is 1. The molecule has 2 aliphatic carbocycles. The van der Waals surface area contributed by atoms with Gasteiger partial charge in [-0.1, -0.05) is 23.8 Å². The number of imide groups is 1. The molecule has 2 bridgehead atoms. The van der Waals surface area contributed by atoms with E-state index in [4.69, 9.17) is 16.3 Å². The lowest BCUT2D eigenvalue weighted by Gasteiger charge is -2.13. The molecule has 4 rings (SSSR count). The van der Waals surface area contributed by atoms with E-state index in [1.807, 2.05) is 12.2 Å². The van der Waals surface area contributed by atoms with E-state index in [0.29, 0.717) is 10.0 Å². The molecule has 9 heteroatoms. The van der Waals surface area contributed by atoms with Crippen LogP contribution in [0.25, 0.3) is 0 Å². The first-order valence-electron chi connectivity index (χ1n) is 8.69. The summed E-state index contributed by atoms with van der Waals surface area (Å²) in [5.74, 6) is -1.03. The lowest BCUT2D eigenvalue weighted by atomic mass is 9.85. The number of hydrogen-bond acceptors (Lipinski definition) is 6. The second-order valence-electron chi connectivity index (χ2n) is 6.91. The highest BCUT2D eigenvalue weighted by Gasteiger charge is 2.59. The van der Waals surface area contributed by atoms with Crippen molar-refractivity contribution >= 4 is 51.5 Å². The molecule has 1 heterocycles. The Balaban J connectivity index is 1.50. The number of rotatable bonds is 5. The average molecular weight is 468 g/mol. The summed E-state index contributed by atoms with van der Waals surface area (Å²) in [4.78, 5) is 36.5. The maximum Gasteiger partial charge on any atom is 0.343 e. The Morgan fingerprint density at radius 2 is 1.93 bits per heavy atom. The molecule has 0 spiro atoms. The number of fused-ring (bicyclic) bond motifs is 5. The van der Waals surface area contributed by atoms with Crippen molar-refractivity contribution in [3.05, 3.63) is 39.3 Å². The van der Waals surface area contributed by atoms with Gasteiger partial charge in [0.2, 0.25) is 0 Å². The molecule has 1 aliphatic heterocycles. The zero-order chi connectivity index (χ0) is 20.0. The van der Waals surface area contributed by atoms with Gasteiger partial charge in [-0.05, 0) is 51.9 Å². The van der Waals surface area contributed by atoms with Gasteiger partial charge in [0.1, 0.15) is 0 Å². The summed E-state index contributed by atoms with van der Waals surface area (Å²) in [6.07, 6.45) is 6.36. The first-order chi connectivity index (χ1) is 13.4. The summed E-state index contributed by atoms with van der Waals surface area (Å²) in [6.45, 7) is -0.280. The van der Waals surface area contributed by atoms with Crippen molar-refractivity contribution < 1.29 is 23.9 Å². The number of carbonyl (C=O) groups excluding carboxylic acids is 3. The molecule has 0 radical (unpaired) electrons. The highest BCUT2D eigenvalue weighted by molar-refractivity contribution is 9.10. The van der Waals surface area contributed by atoms with Crippen LogP contribution in [0.15, 0.2) is 33.9 Å². The molecule has 1 saturated carbocycles. The van der Waals surface area contributed by atoms with Crippen LogP contribution in [0.2, 0.25) is 5.02 Å². The van der Waals surface area contributed by atoms with Gasteiger partial charge < -0.3 is 9.47 Å². The van der Waals surface area contributed by atoms with Crippen LogP contribution in [-0.2, 0) is 19.1 Å². The van der Waals surface area contributed by atoms with Gasteiger partial charge in [0.05, 0.1) is 34.7 Å². The molecule has 1 aromatic rings. The van der Waals surface area contributed by atoms with E-state index < -0.39 is 5.97 Å². The van der Waals surface area contributed by atoms with E-state index in [1.54, 1.807) is 12.1 Å². The van der Waals surface area contributed by atoms with Gasteiger partial charge in [-0.2, -0.15) is 10.1 Å². The van der Waals surface area contributed by atoms with Gasteiger partial charge in [-0.15, -0.1) is 0 Å². The van der Waals surface area contributed by atoms with Crippen molar-refractivity contribution in [2.75, 3.05) is 13.7 Å². The number of amides is 2. The molecule has 3 aliphatic rings. The van der Waals surface area contributed by atoms with Gasteiger partial charge in [0, 0.05) is 0 Å². The Morgan fingerprint density at radius 1 is 1.29 bits per heavy atom. The third-order valence-corrected chi connectivity index (χ3v) is 6.22. The van der Waals surface area contributed by atoms with E-state index in [1.165, 1.54) is 13.3 Å². The molecule has 0 N–H and O–H groups in total. The Hall–Kier alpha value is -2.19. The van der Waals surface area contributed by atoms with E-state index in [-0.39, 0.29) is 52.9 Å². The maximum absolute atomic E-state index is 12.6. The molecule has 28 heavy (non-hydrogen) atoms. The number of hydrogen-bond donors (Lipinski definition) is 0. The summed E-state index contributed by atoms with van der Waals surface area (Å²) in [7, 11) is 1.26. The fourth-order valence-corrected chi connectivity index (χ4v) is 5.10. The molecular weight excluding hydrogens is 452 g/mol. The average Bonchev–Trinajstić information content (AvgIpc) is 3.34. The molecule has 2 fully saturated rings. The van der Waals surface area contributed by atoms with Crippen LogP contribution in [0.5, 0.6) is 5.75 Å². The largest absolute Gasteiger partial charge is 0.479 e. The molecule has 0 aromatic heterocycles. The predicted molar refractivity (Wildman–Crippen MR) is 104 cm³/mol. The normalized spacial score (nSPS) is 27.8. The number of hydrazone groups is 1. The summed E-state index contributed by atoms with van der Waals surface area (Å²) in [5.41, 5.74) is 0.570. The quantitative estimate of drug-likeness (QED) is 0.288. The first kappa shape index (κ1) is 19.1. The zero-order valence-corrected chi connectivity index (χ0v) is 17.1. The fraction of sp³-hybridized carbons (Fsp3) is 0.368. The monoisotopic (exact) mass is 466 g/mol.